The summed E-state index contributed by atoms with van der Waals surface area (Å²) in [4.78, 5) is 23.5. The van der Waals surface area contributed by atoms with Crippen LogP contribution in [0.2, 0.25) is 0 Å². The Hall–Kier alpha value is -3.90. The molecule has 0 unspecified atom stereocenters. The summed E-state index contributed by atoms with van der Waals surface area (Å²) in [6.45, 7) is 7.46. The van der Waals surface area contributed by atoms with Crippen molar-refractivity contribution in [3.05, 3.63) is 88.2 Å². The number of nitrogens with zero attached hydrogens (tertiary/aromatic N) is 2. The zero-order chi connectivity index (χ0) is 24.4. The summed E-state index contributed by atoms with van der Waals surface area (Å²) in [6.07, 6.45) is 1.86. The van der Waals surface area contributed by atoms with Crippen LogP contribution in [0.3, 0.4) is 0 Å². The van der Waals surface area contributed by atoms with Gasteiger partial charge < -0.3 is 20.5 Å². The van der Waals surface area contributed by atoms with E-state index in [1.807, 2.05) is 49.5 Å². The average molecular weight is 466 g/mol. The van der Waals surface area contributed by atoms with Gasteiger partial charge in [0.15, 0.2) is 5.43 Å². The number of hydrogen-bond donors (Lipinski definition) is 3. The van der Waals surface area contributed by atoms with Crippen molar-refractivity contribution in [1.29, 1.82) is 0 Å². The zero-order valence-corrected chi connectivity index (χ0v) is 20.5. The molecule has 0 bridgehead atoms. The highest BCUT2D eigenvalue weighted by molar-refractivity contribution is 6.00. The molecule has 0 amide bonds. The first-order chi connectivity index (χ1) is 17.0. The Balaban J connectivity index is 1.22. The van der Waals surface area contributed by atoms with Crippen LogP contribution in [-0.2, 0) is 0 Å². The van der Waals surface area contributed by atoms with Gasteiger partial charge in [-0.25, -0.2) is 0 Å². The van der Waals surface area contributed by atoms with E-state index in [4.69, 9.17) is 0 Å². The SMILES string of the molecule is Cc1ccc2c(NCCN(C)CCNc3ccc(C)c4[nH]c5ccccc5c(=O)c34)ccnc2c1. The fraction of sp³-hybridized carbons (Fsp3) is 0.241. The predicted octanol–water partition coefficient (Wildman–Crippen LogP) is 5.30. The average Bonchev–Trinajstić information content (AvgIpc) is 2.85. The molecule has 2 aromatic heterocycles. The Morgan fingerprint density at radius 3 is 2.49 bits per heavy atom. The lowest BCUT2D eigenvalue weighted by molar-refractivity contribution is 0.361. The molecule has 3 aromatic carbocycles. The number of fused-ring (bicyclic) bond motifs is 3. The van der Waals surface area contributed by atoms with Crippen molar-refractivity contribution >= 4 is 44.1 Å². The first-order valence-electron chi connectivity index (χ1n) is 12.1. The number of likely N-dealkylation sites (N-methyl/N-ethyl adjacent to an activating group) is 1. The van der Waals surface area contributed by atoms with E-state index in [1.165, 1.54) is 5.56 Å². The zero-order valence-electron chi connectivity index (χ0n) is 20.5. The van der Waals surface area contributed by atoms with Crippen LogP contribution < -0.4 is 16.1 Å². The first-order valence-corrected chi connectivity index (χ1v) is 12.1. The number of rotatable bonds is 8. The van der Waals surface area contributed by atoms with Crippen LogP contribution in [0.1, 0.15) is 11.1 Å². The van der Waals surface area contributed by atoms with E-state index < -0.39 is 0 Å². The van der Waals surface area contributed by atoms with Crippen molar-refractivity contribution in [1.82, 2.24) is 14.9 Å². The first kappa shape index (κ1) is 22.9. The Labute approximate surface area is 205 Å². The fourth-order valence-electron chi connectivity index (χ4n) is 4.60. The molecule has 0 saturated carbocycles. The van der Waals surface area contributed by atoms with E-state index in [9.17, 15) is 4.79 Å². The van der Waals surface area contributed by atoms with E-state index in [1.54, 1.807) is 0 Å². The number of anilines is 2. The van der Waals surface area contributed by atoms with Gasteiger partial charge in [0, 0.05) is 60.0 Å². The van der Waals surface area contributed by atoms with Gasteiger partial charge in [0.25, 0.3) is 0 Å². The van der Waals surface area contributed by atoms with Gasteiger partial charge in [0.2, 0.25) is 0 Å². The van der Waals surface area contributed by atoms with E-state index in [0.29, 0.717) is 0 Å². The third-order valence-electron chi connectivity index (χ3n) is 6.59. The fourth-order valence-corrected chi connectivity index (χ4v) is 4.60. The summed E-state index contributed by atoms with van der Waals surface area (Å²) in [6, 6.07) is 20.2. The lowest BCUT2D eigenvalue weighted by Gasteiger charge is -2.19. The molecule has 3 N–H and O–H groups in total. The molecule has 0 aliphatic carbocycles. The molecule has 0 saturated heterocycles. The highest BCUT2D eigenvalue weighted by Gasteiger charge is 2.11. The highest BCUT2D eigenvalue weighted by Crippen LogP contribution is 2.25. The van der Waals surface area contributed by atoms with Crippen molar-refractivity contribution in [2.24, 2.45) is 0 Å². The number of nitrogens with one attached hydrogen (secondary N) is 3. The molecule has 5 rings (SSSR count). The van der Waals surface area contributed by atoms with Crippen molar-refractivity contribution in [2.45, 2.75) is 13.8 Å². The number of benzene rings is 3. The van der Waals surface area contributed by atoms with Gasteiger partial charge in [-0.1, -0.05) is 30.3 Å². The van der Waals surface area contributed by atoms with Gasteiger partial charge in [0.05, 0.1) is 16.4 Å². The molecule has 178 valence electrons. The van der Waals surface area contributed by atoms with Crippen LogP contribution in [0.4, 0.5) is 11.4 Å². The maximum atomic E-state index is 13.3. The molecule has 6 nitrogen and oxygen atoms in total. The molecule has 5 aromatic rings. The van der Waals surface area contributed by atoms with Crippen molar-refractivity contribution in [3.63, 3.8) is 0 Å². The second-order valence-electron chi connectivity index (χ2n) is 9.22. The minimum atomic E-state index is 0.0675. The number of aryl methyl sites for hydroxylation is 2. The van der Waals surface area contributed by atoms with Crippen LogP contribution in [0.15, 0.2) is 71.7 Å². The summed E-state index contributed by atoms with van der Waals surface area (Å²) < 4.78 is 0. The van der Waals surface area contributed by atoms with Crippen LogP contribution in [0, 0.1) is 13.8 Å². The van der Waals surface area contributed by atoms with E-state index in [0.717, 1.165) is 75.8 Å². The maximum absolute atomic E-state index is 13.3. The van der Waals surface area contributed by atoms with E-state index >= 15 is 0 Å². The van der Waals surface area contributed by atoms with Gasteiger partial charge in [0.1, 0.15) is 0 Å². The summed E-state index contributed by atoms with van der Waals surface area (Å²) in [5.41, 5.74) is 7.12. The third kappa shape index (κ3) is 4.70. The second kappa shape index (κ2) is 9.76. The van der Waals surface area contributed by atoms with Gasteiger partial charge in [-0.2, -0.15) is 0 Å². The Morgan fingerprint density at radius 2 is 1.66 bits per heavy atom. The lowest BCUT2D eigenvalue weighted by Crippen LogP contribution is -2.30. The quantitative estimate of drug-likeness (QED) is 0.271. The molecule has 0 aliphatic rings. The van der Waals surface area contributed by atoms with E-state index in [-0.39, 0.29) is 5.43 Å². The van der Waals surface area contributed by atoms with Gasteiger partial charge in [-0.15, -0.1) is 0 Å². The molecule has 0 radical (unpaired) electrons. The van der Waals surface area contributed by atoms with Crippen LogP contribution in [0.5, 0.6) is 0 Å². The van der Waals surface area contributed by atoms with Crippen LogP contribution in [-0.4, -0.2) is 48.1 Å². The van der Waals surface area contributed by atoms with Gasteiger partial charge in [-0.3, -0.25) is 9.78 Å². The summed E-state index contributed by atoms with van der Waals surface area (Å²) in [7, 11) is 2.12. The summed E-state index contributed by atoms with van der Waals surface area (Å²) >= 11 is 0. The molecule has 0 atom stereocenters. The van der Waals surface area contributed by atoms with Crippen molar-refractivity contribution in [3.8, 4) is 0 Å². The molecule has 6 heteroatoms. The molecule has 0 fully saturated rings. The van der Waals surface area contributed by atoms with Crippen molar-refractivity contribution < 1.29 is 0 Å². The highest BCUT2D eigenvalue weighted by atomic mass is 16.1. The number of aromatic nitrogens is 2. The number of hydrogen-bond acceptors (Lipinski definition) is 5. The van der Waals surface area contributed by atoms with Gasteiger partial charge in [-0.05, 0) is 62.4 Å². The number of H-pyrrole nitrogens is 1. The largest absolute Gasteiger partial charge is 0.383 e. The van der Waals surface area contributed by atoms with Crippen LogP contribution in [0.25, 0.3) is 32.7 Å². The normalized spacial score (nSPS) is 11.5. The molecule has 0 spiro atoms. The van der Waals surface area contributed by atoms with Gasteiger partial charge >= 0.3 is 0 Å². The third-order valence-corrected chi connectivity index (χ3v) is 6.59. The second-order valence-corrected chi connectivity index (χ2v) is 9.22. The maximum Gasteiger partial charge on any atom is 0.199 e. The minimum Gasteiger partial charge on any atom is -0.383 e. The summed E-state index contributed by atoms with van der Waals surface area (Å²) in [5, 5.41) is 9.64. The minimum absolute atomic E-state index is 0.0675. The number of para-hydroxylation sites is 1. The van der Waals surface area contributed by atoms with Crippen LogP contribution >= 0.6 is 0 Å². The van der Waals surface area contributed by atoms with Crippen molar-refractivity contribution in [2.75, 3.05) is 43.9 Å². The predicted molar refractivity (Wildman–Crippen MR) is 148 cm³/mol. The lowest BCUT2D eigenvalue weighted by atomic mass is 10.1. The molecular formula is C29H31N5O. The standard InChI is InChI=1S/C29H31N5O/c1-19-8-10-21-23(12-13-30-26(21)18-19)31-14-16-34(3)17-15-32-25-11-9-20(2)28-27(25)29(35)22-6-4-5-7-24(22)33-28/h4-13,18,32H,14-17H2,1-3H3,(H,30,31)(H,33,35). The molecular weight excluding hydrogens is 434 g/mol. The number of aromatic amines is 1. The Morgan fingerprint density at radius 1 is 0.886 bits per heavy atom. The number of pyridine rings is 2. The smallest absolute Gasteiger partial charge is 0.199 e. The molecule has 0 aliphatic heterocycles. The molecule has 2 heterocycles. The Kier molecular flexibility index (Phi) is 6.38. The Bertz CT molecular complexity index is 1570. The summed E-state index contributed by atoms with van der Waals surface area (Å²) in [5.74, 6) is 0. The topological polar surface area (TPSA) is 73.0 Å². The monoisotopic (exact) mass is 465 g/mol. The molecule has 35 heavy (non-hydrogen) atoms. The van der Waals surface area contributed by atoms with E-state index in [2.05, 4.69) is 63.7 Å².